The number of nitrogens with one attached hydrogen (secondary N) is 2. The van der Waals surface area contributed by atoms with Gasteiger partial charge in [0.1, 0.15) is 5.75 Å². The zero-order chi connectivity index (χ0) is 10.6. The smallest absolute Gasteiger partial charge is 0.135 e. The molecule has 1 aromatic rings. The number of hydrazine groups is 1. The second kappa shape index (κ2) is 6.87. The number of benzene rings is 1. The molecule has 0 amide bonds. The molecule has 0 aromatic heterocycles. The van der Waals surface area contributed by atoms with E-state index in [0.717, 1.165) is 4.47 Å². The number of ether oxygens (including phenoxy) is 1. The molecular weight excluding hydrogens is 286 g/mol. The van der Waals surface area contributed by atoms with Crippen LogP contribution in [0, 0.1) is 0 Å². The van der Waals surface area contributed by atoms with Gasteiger partial charge in [0.15, 0.2) is 0 Å². The molecule has 0 aliphatic carbocycles. The Hall–Kier alpha value is -0.520. The SMILES string of the molecule is CC(C)Oc1cc(NNF)ccc1Br.Cl. The number of hydrogen-bond donors (Lipinski definition) is 2. The van der Waals surface area contributed by atoms with Gasteiger partial charge in [-0.25, -0.2) is 0 Å². The summed E-state index contributed by atoms with van der Waals surface area (Å²) in [6, 6.07) is 5.22. The van der Waals surface area contributed by atoms with Crippen molar-refractivity contribution in [3.8, 4) is 5.75 Å². The van der Waals surface area contributed by atoms with Crippen molar-refractivity contribution in [2.24, 2.45) is 0 Å². The van der Waals surface area contributed by atoms with E-state index in [0.29, 0.717) is 11.4 Å². The molecule has 0 aliphatic rings. The molecule has 1 rings (SSSR count). The summed E-state index contributed by atoms with van der Waals surface area (Å²) in [5.41, 5.74) is 4.30. The summed E-state index contributed by atoms with van der Waals surface area (Å²) in [5, 5.41) is 0. The van der Waals surface area contributed by atoms with E-state index < -0.39 is 0 Å². The fourth-order valence-corrected chi connectivity index (χ4v) is 1.32. The Morgan fingerprint density at radius 3 is 2.60 bits per heavy atom. The van der Waals surface area contributed by atoms with Crippen molar-refractivity contribution >= 4 is 34.0 Å². The molecule has 0 fully saturated rings. The lowest BCUT2D eigenvalue weighted by molar-refractivity contribution is 0.241. The molecule has 0 unspecified atom stereocenters. The molecule has 6 heteroatoms. The van der Waals surface area contributed by atoms with Gasteiger partial charge in [0, 0.05) is 6.07 Å². The maximum atomic E-state index is 11.8. The lowest BCUT2D eigenvalue weighted by atomic mass is 10.3. The van der Waals surface area contributed by atoms with E-state index in [1.807, 2.05) is 13.8 Å². The van der Waals surface area contributed by atoms with Crippen LogP contribution in [0.15, 0.2) is 22.7 Å². The first kappa shape index (κ1) is 14.5. The Morgan fingerprint density at radius 1 is 1.40 bits per heavy atom. The highest BCUT2D eigenvalue weighted by atomic mass is 79.9. The van der Waals surface area contributed by atoms with E-state index >= 15 is 0 Å². The van der Waals surface area contributed by atoms with Crippen molar-refractivity contribution in [1.82, 2.24) is 5.65 Å². The lowest BCUT2D eigenvalue weighted by Crippen LogP contribution is -2.11. The Balaban J connectivity index is 0.00000196. The molecule has 86 valence electrons. The summed E-state index contributed by atoms with van der Waals surface area (Å²) in [5.74, 6) is 0.681. The fraction of sp³-hybridized carbons (Fsp3) is 0.333. The quantitative estimate of drug-likeness (QED) is 0.660. The van der Waals surface area contributed by atoms with Crippen molar-refractivity contribution in [1.29, 1.82) is 0 Å². The van der Waals surface area contributed by atoms with Gasteiger partial charge in [-0.1, -0.05) is 5.65 Å². The average Bonchev–Trinajstić information content (AvgIpc) is 2.10. The second-order valence-electron chi connectivity index (χ2n) is 3.03. The molecule has 3 nitrogen and oxygen atoms in total. The van der Waals surface area contributed by atoms with E-state index in [1.54, 1.807) is 18.2 Å². The minimum atomic E-state index is 0. The summed E-state index contributed by atoms with van der Waals surface area (Å²) in [6.45, 7) is 3.86. The van der Waals surface area contributed by atoms with Crippen molar-refractivity contribution < 1.29 is 9.22 Å². The van der Waals surface area contributed by atoms with Gasteiger partial charge in [-0.2, -0.15) is 0 Å². The maximum Gasteiger partial charge on any atom is 0.135 e. The van der Waals surface area contributed by atoms with E-state index in [1.165, 1.54) is 5.65 Å². The van der Waals surface area contributed by atoms with Gasteiger partial charge in [-0.3, -0.25) is 5.43 Å². The lowest BCUT2D eigenvalue weighted by Gasteiger charge is -2.12. The summed E-state index contributed by atoms with van der Waals surface area (Å²) in [7, 11) is 0. The van der Waals surface area contributed by atoms with Crippen molar-refractivity contribution in [3.05, 3.63) is 22.7 Å². The van der Waals surface area contributed by atoms with Crippen LogP contribution >= 0.6 is 28.3 Å². The van der Waals surface area contributed by atoms with Crippen molar-refractivity contribution in [2.75, 3.05) is 5.43 Å². The first-order chi connectivity index (χ1) is 6.63. The minimum Gasteiger partial charge on any atom is -0.490 e. The molecule has 0 spiro atoms. The summed E-state index contributed by atoms with van der Waals surface area (Å²) >= 11 is 3.34. The highest BCUT2D eigenvalue weighted by molar-refractivity contribution is 9.10. The van der Waals surface area contributed by atoms with Gasteiger partial charge < -0.3 is 4.74 Å². The summed E-state index contributed by atoms with van der Waals surface area (Å²) in [4.78, 5) is 0. The topological polar surface area (TPSA) is 33.3 Å². The van der Waals surface area contributed by atoms with Crippen LogP contribution in [0.3, 0.4) is 0 Å². The van der Waals surface area contributed by atoms with Crippen LogP contribution in [0.25, 0.3) is 0 Å². The van der Waals surface area contributed by atoms with Gasteiger partial charge in [-0.05, 0) is 41.9 Å². The standard InChI is InChI=1S/C9H12BrFN2O.ClH/c1-6(2)14-9-5-7(12-13-11)3-4-8(9)10;/h3-6,12-13H,1-2H3;1H. The van der Waals surface area contributed by atoms with Crippen LogP contribution < -0.4 is 15.8 Å². The molecule has 15 heavy (non-hydrogen) atoms. The Labute approximate surface area is 103 Å². The molecular formula is C9H13BrClFN2O. The van der Waals surface area contributed by atoms with Gasteiger partial charge in [-0.15, -0.1) is 16.9 Å². The highest BCUT2D eigenvalue weighted by Crippen LogP contribution is 2.28. The Kier molecular flexibility index (Phi) is 6.63. The second-order valence-corrected chi connectivity index (χ2v) is 3.89. The fourth-order valence-electron chi connectivity index (χ4n) is 0.980. The van der Waals surface area contributed by atoms with E-state index in [-0.39, 0.29) is 18.5 Å². The number of rotatable bonds is 4. The normalized spacial score (nSPS) is 9.67. The minimum absolute atomic E-state index is 0. The number of hydrogen-bond acceptors (Lipinski definition) is 3. The third-order valence-corrected chi connectivity index (χ3v) is 2.14. The third-order valence-electron chi connectivity index (χ3n) is 1.49. The number of anilines is 1. The van der Waals surface area contributed by atoms with Gasteiger partial charge >= 0.3 is 0 Å². The van der Waals surface area contributed by atoms with E-state index in [2.05, 4.69) is 21.4 Å². The molecule has 0 bridgehead atoms. The van der Waals surface area contributed by atoms with Crippen molar-refractivity contribution in [3.63, 3.8) is 0 Å². The molecule has 0 saturated heterocycles. The molecule has 2 N–H and O–H groups in total. The monoisotopic (exact) mass is 298 g/mol. The molecule has 0 atom stereocenters. The highest BCUT2D eigenvalue weighted by Gasteiger charge is 2.04. The van der Waals surface area contributed by atoms with Crippen LogP contribution in [0.5, 0.6) is 5.75 Å². The zero-order valence-corrected chi connectivity index (χ0v) is 10.8. The van der Waals surface area contributed by atoms with Gasteiger partial charge in [0.25, 0.3) is 0 Å². The van der Waals surface area contributed by atoms with Crippen LogP contribution in [-0.2, 0) is 0 Å². The van der Waals surface area contributed by atoms with E-state index in [4.69, 9.17) is 4.74 Å². The van der Waals surface area contributed by atoms with Crippen LogP contribution in [-0.4, -0.2) is 6.10 Å². The van der Waals surface area contributed by atoms with E-state index in [9.17, 15) is 4.48 Å². The first-order valence-electron chi connectivity index (χ1n) is 4.21. The maximum absolute atomic E-state index is 11.8. The Bertz CT molecular complexity index is 312. The average molecular weight is 300 g/mol. The molecule has 1 aromatic carbocycles. The Morgan fingerprint density at radius 2 is 2.07 bits per heavy atom. The van der Waals surface area contributed by atoms with Gasteiger partial charge in [0.05, 0.1) is 16.3 Å². The zero-order valence-electron chi connectivity index (χ0n) is 8.38. The predicted octanol–water partition coefficient (Wildman–Crippen LogP) is 3.46. The number of halogens is 3. The van der Waals surface area contributed by atoms with Crippen LogP contribution in [0.1, 0.15) is 13.8 Å². The molecule has 0 saturated carbocycles. The molecule has 0 radical (unpaired) electrons. The largest absolute Gasteiger partial charge is 0.490 e. The van der Waals surface area contributed by atoms with Crippen LogP contribution in [0.2, 0.25) is 0 Å². The summed E-state index contributed by atoms with van der Waals surface area (Å²) in [6.07, 6.45) is 0.0832. The van der Waals surface area contributed by atoms with Crippen molar-refractivity contribution in [2.45, 2.75) is 20.0 Å². The first-order valence-corrected chi connectivity index (χ1v) is 5.00. The van der Waals surface area contributed by atoms with Gasteiger partial charge in [0.2, 0.25) is 0 Å². The van der Waals surface area contributed by atoms with Crippen LogP contribution in [0.4, 0.5) is 10.2 Å². The predicted molar refractivity (Wildman–Crippen MR) is 65.0 cm³/mol. The molecule has 0 aliphatic heterocycles. The third kappa shape index (κ3) is 4.68. The summed E-state index contributed by atoms with van der Waals surface area (Å²) < 4.78 is 18.1. The molecule has 0 heterocycles.